The number of nitro benzene ring substituents is 1. The number of nitrogens with zero attached hydrogens (tertiary/aromatic N) is 4. The van der Waals surface area contributed by atoms with Crippen molar-refractivity contribution in [3.8, 4) is 5.69 Å². The van der Waals surface area contributed by atoms with Crippen LogP contribution < -0.4 is 5.56 Å². The van der Waals surface area contributed by atoms with E-state index < -0.39 is 4.92 Å². The van der Waals surface area contributed by atoms with Gasteiger partial charge in [0, 0.05) is 48.4 Å². The highest BCUT2D eigenvalue weighted by molar-refractivity contribution is 5.99. The van der Waals surface area contributed by atoms with Crippen LogP contribution in [0, 0.1) is 10.1 Å². The third kappa shape index (κ3) is 4.08. The van der Waals surface area contributed by atoms with E-state index in [4.69, 9.17) is 0 Å². The maximum Gasteiger partial charge on any atom is 0.280 e. The molecule has 0 saturated carbocycles. The highest BCUT2D eigenvalue weighted by Gasteiger charge is 2.17. The Morgan fingerprint density at radius 3 is 2.64 bits per heavy atom. The number of hydrogen-bond acceptors (Lipinski definition) is 5. The largest absolute Gasteiger partial charge is 0.348 e. The van der Waals surface area contributed by atoms with Gasteiger partial charge in [-0.15, -0.1) is 0 Å². The van der Waals surface area contributed by atoms with Gasteiger partial charge in [-0.1, -0.05) is 13.3 Å². The summed E-state index contributed by atoms with van der Waals surface area (Å²) in [5.74, 6) is 0. The molecule has 146 valence electrons. The van der Waals surface area contributed by atoms with Gasteiger partial charge < -0.3 is 4.98 Å². The van der Waals surface area contributed by atoms with Crippen LogP contribution in [0.25, 0.3) is 5.69 Å². The fourth-order valence-electron chi connectivity index (χ4n) is 3.04. The molecule has 0 aliphatic carbocycles. The number of rotatable bonds is 8. The first kappa shape index (κ1) is 19.3. The van der Waals surface area contributed by atoms with Crippen LogP contribution in [0.3, 0.4) is 0 Å². The first-order valence-corrected chi connectivity index (χ1v) is 9.08. The molecule has 3 aromatic rings. The van der Waals surface area contributed by atoms with Gasteiger partial charge in [-0.3, -0.25) is 25.0 Å². The van der Waals surface area contributed by atoms with Crippen molar-refractivity contribution in [1.29, 1.82) is 0 Å². The van der Waals surface area contributed by atoms with Gasteiger partial charge >= 0.3 is 0 Å². The van der Waals surface area contributed by atoms with E-state index >= 15 is 0 Å². The SMILES string of the molecule is CCCc1[nH]n(-c2ccc([N+](=O)[O-])cc2)c(=O)c1C(C)=NCCc1cnc[nH]1. The van der Waals surface area contributed by atoms with Crippen LogP contribution in [0.15, 0.2) is 46.6 Å². The van der Waals surface area contributed by atoms with E-state index in [0.717, 1.165) is 17.8 Å². The second-order valence-electron chi connectivity index (χ2n) is 6.42. The topological polar surface area (TPSA) is 122 Å². The molecule has 2 heterocycles. The standard InChI is InChI=1S/C19H22N6O3/c1-3-4-17-18(13(2)21-10-9-14-11-20-12-22-14)19(26)24(23-17)15-5-7-16(8-6-15)25(27)28/h5-8,11-12,23H,3-4,9-10H2,1-2H3,(H,20,22). The number of hydrogen-bond donors (Lipinski definition) is 2. The Balaban J connectivity index is 1.91. The number of H-pyrrole nitrogens is 2. The van der Waals surface area contributed by atoms with Crippen LogP contribution in [0.4, 0.5) is 5.69 Å². The summed E-state index contributed by atoms with van der Waals surface area (Å²) in [5.41, 5.74) is 3.35. The number of aliphatic imine (C=N–C) groups is 1. The lowest BCUT2D eigenvalue weighted by molar-refractivity contribution is -0.384. The van der Waals surface area contributed by atoms with Crippen molar-refractivity contribution in [3.05, 3.63) is 74.2 Å². The summed E-state index contributed by atoms with van der Waals surface area (Å²) in [6.45, 7) is 4.41. The van der Waals surface area contributed by atoms with Gasteiger partial charge in [-0.25, -0.2) is 9.67 Å². The highest BCUT2D eigenvalue weighted by Crippen LogP contribution is 2.15. The third-order valence-corrected chi connectivity index (χ3v) is 4.43. The maximum absolute atomic E-state index is 13.0. The molecule has 0 aliphatic rings. The molecular weight excluding hydrogens is 360 g/mol. The van der Waals surface area contributed by atoms with Crippen LogP contribution in [0.5, 0.6) is 0 Å². The molecule has 0 radical (unpaired) electrons. The predicted molar refractivity (Wildman–Crippen MR) is 106 cm³/mol. The molecule has 0 fully saturated rings. The number of non-ortho nitro benzene ring substituents is 1. The maximum atomic E-state index is 13.0. The summed E-state index contributed by atoms with van der Waals surface area (Å²) < 4.78 is 1.41. The van der Waals surface area contributed by atoms with Gasteiger partial charge in [0.1, 0.15) is 0 Å². The normalized spacial score (nSPS) is 11.7. The van der Waals surface area contributed by atoms with Gasteiger partial charge in [0.15, 0.2) is 0 Å². The van der Waals surface area contributed by atoms with Crippen molar-refractivity contribution in [3.63, 3.8) is 0 Å². The van der Waals surface area contributed by atoms with E-state index in [1.807, 2.05) is 13.8 Å². The first-order valence-electron chi connectivity index (χ1n) is 9.08. The fourth-order valence-corrected chi connectivity index (χ4v) is 3.04. The summed E-state index contributed by atoms with van der Waals surface area (Å²) in [4.78, 5) is 35.0. The molecule has 0 saturated heterocycles. The number of aryl methyl sites for hydroxylation is 1. The Morgan fingerprint density at radius 1 is 1.29 bits per heavy atom. The smallest absolute Gasteiger partial charge is 0.280 e. The molecule has 0 bridgehead atoms. The van der Waals surface area contributed by atoms with Crippen molar-refractivity contribution in [2.24, 2.45) is 4.99 Å². The summed E-state index contributed by atoms with van der Waals surface area (Å²) in [5, 5.41) is 14.0. The van der Waals surface area contributed by atoms with E-state index in [-0.39, 0.29) is 11.2 Å². The molecule has 2 N–H and O–H groups in total. The van der Waals surface area contributed by atoms with Gasteiger partial charge in [-0.05, 0) is 25.5 Å². The van der Waals surface area contributed by atoms with E-state index in [1.165, 1.54) is 16.8 Å². The number of nitro groups is 1. The first-order chi connectivity index (χ1) is 13.5. The van der Waals surface area contributed by atoms with Crippen molar-refractivity contribution in [2.75, 3.05) is 6.54 Å². The Hall–Kier alpha value is -3.49. The number of aromatic amines is 2. The lowest BCUT2D eigenvalue weighted by Crippen LogP contribution is -2.20. The van der Waals surface area contributed by atoms with Crippen molar-refractivity contribution < 1.29 is 4.92 Å². The van der Waals surface area contributed by atoms with Crippen LogP contribution in [-0.2, 0) is 12.8 Å². The van der Waals surface area contributed by atoms with Gasteiger partial charge in [0.2, 0.25) is 0 Å². The monoisotopic (exact) mass is 382 g/mol. The Labute approximate surface area is 161 Å². The fraction of sp³-hybridized carbons (Fsp3) is 0.316. The number of aromatic nitrogens is 4. The van der Waals surface area contributed by atoms with Gasteiger partial charge in [0.25, 0.3) is 11.2 Å². The van der Waals surface area contributed by atoms with Gasteiger partial charge in [-0.2, -0.15) is 0 Å². The van der Waals surface area contributed by atoms with E-state index in [9.17, 15) is 14.9 Å². The molecule has 28 heavy (non-hydrogen) atoms. The van der Waals surface area contributed by atoms with Crippen LogP contribution >= 0.6 is 0 Å². The quantitative estimate of drug-likeness (QED) is 0.353. The molecule has 0 atom stereocenters. The molecule has 9 nitrogen and oxygen atoms in total. The van der Waals surface area contributed by atoms with Crippen molar-refractivity contribution >= 4 is 11.4 Å². The second kappa shape index (κ2) is 8.47. The molecule has 3 rings (SSSR count). The molecule has 0 unspecified atom stereocenters. The molecule has 0 amide bonds. The Bertz CT molecular complexity index is 1030. The van der Waals surface area contributed by atoms with Crippen LogP contribution in [0.2, 0.25) is 0 Å². The highest BCUT2D eigenvalue weighted by atomic mass is 16.6. The predicted octanol–water partition coefficient (Wildman–Crippen LogP) is 2.80. The Kier molecular flexibility index (Phi) is 5.83. The minimum absolute atomic E-state index is 0.0195. The number of benzene rings is 1. The average Bonchev–Trinajstić information content (AvgIpc) is 3.30. The zero-order valence-corrected chi connectivity index (χ0v) is 15.8. The number of imidazole rings is 1. The van der Waals surface area contributed by atoms with E-state index in [2.05, 4.69) is 20.1 Å². The zero-order chi connectivity index (χ0) is 20.1. The summed E-state index contributed by atoms with van der Waals surface area (Å²) >= 11 is 0. The minimum Gasteiger partial charge on any atom is -0.348 e. The second-order valence-corrected chi connectivity index (χ2v) is 6.42. The molecule has 0 aliphatic heterocycles. The third-order valence-electron chi connectivity index (χ3n) is 4.43. The lowest BCUT2D eigenvalue weighted by atomic mass is 10.1. The Morgan fingerprint density at radius 2 is 2.04 bits per heavy atom. The van der Waals surface area contributed by atoms with Crippen molar-refractivity contribution in [2.45, 2.75) is 33.1 Å². The van der Waals surface area contributed by atoms with Crippen LogP contribution in [0.1, 0.15) is 37.2 Å². The lowest BCUT2D eigenvalue weighted by Gasteiger charge is -2.01. The van der Waals surface area contributed by atoms with Crippen molar-refractivity contribution in [1.82, 2.24) is 19.7 Å². The van der Waals surface area contributed by atoms with Gasteiger partial charge in [0.05, 0.1) is 22.5 Å². The van der Waals surface area contributed by atoms with E-state index in [0.29, 0.717) is 36.3 Å². The molecule has 0 spiro atoms. The molecule has 2 aromatic heterocycles. The summed E-state index contributed by atoms with van der Waals surface area (Å²) in [6, 6.07) is 5.88. The summed E-state index contributed by atoms with van der Waals surface area (Å²) in [6.07, 6.45) is 5.67. The number of nitrogens with one attached hydrogen (secondary N) is 2. The summed E-state index contributed by atoms with van der Waals surface area (Å²) in [7, 11) is 0. The average molecular weight is 382 g/mol. The molecule has 1 aromatic carbocycles. The minimum atomic E-state index is -0.467. The van der Waals surface area contributed by atoms with E-state index in [1.54, 1.807) is 24.7 Å². The molecular formula is C19H22N6O3. The molecule has 9 heteroatoms. The zero-order valence-electron chi connectivity index (χ0n) is 15.8. The van der Waals surface area contributed by atoms with Crippen LogP contribution in [-0.4, -0.2) is 36.9 Å².